The van der Waals surface area contributed by atoms with E-state index in [9.17, 15) is 4.79 Å². The van der Waals surface area contributed by atoms with Gasteiger partial charge in [0.15, 0.2) is 6.10 Å². The van der Waals surface area contributed by atoms with Gasteiger partial charge in [-0.15, -0.1) is 0 Å². The molecular weight excluding hydrogens is 230 g/mol. The highest BCUT2D eigenvalue weighted by atomic mass is 16.5. The maximum Gasteiger partial charge on any atom is 0.332 e. The highest BCUT2D eigenvalue weighted by molar-refractivity contribution is 5.72. The lowest BCUT2D eigenvalue weighted by Gasteiger charge is -2.29. The lowest BCUT2D eigenvalue weighted by molar-refractivity contribution is -0.149. The van der Waals surface area contributed by atoms with Crippen LogP contribution in [0.2, 0.25) is 0 Å². The van der Waals surface area contributed by atoms with Crippen molar-refractivity contribution in [2.75, 3.05) is 13.1 Å². The monoisotopic (exact) mass is 255 g/mol. The summed E-state index contributed by atoms with van der Waals surface area (Å²) in [6.45, 7) is 4.20. The largest absolute Gasteiger partial charge is 0.479 e. The van der Waals surface area contributed by atoms with Gasteiger partial charge in [0.05, 0.1) is 6.10 Å². The summed E-state index contributed by atoms with van der Waals surface area (Å²) < 4.78 is 5.48. The van der Waals surface area contributed by atoms with E-state index in [1.165, 1.54) is 25.7 Å². The molecule has 2 rings (SSSR count). The van der Waals surface area contributed by atoms with Gasteiger partial charge in [-0.25, -0.2) is 4.79 Å². The third-order valence-corrected chi connectivity index (χ3v) is 4.45. The van der Waals surface area contributed by atoms with Crippen molar-refractivity contribution in [1.29, 1.82) is 0 Å². The van der Waals surface area contributed by atoms with Crippen molar-refractivity contribution in [2.24, 2.45) is 11.8 Å². The summed E-state index contributed by atoms with van der Waals surface area (Å²) in [6, 6.07) is 0. The van der Waals surface area contributed by atoms with Crippen molar-refractivity contribution in [2.45, 2.75) is 57.7 Å². The van der Waals surface area contributed by atoms with E-state index in [1.807, 2.05) is 0 Å². The maximum atomic E-state index is 10.8. The van der Waals surface area contributed by atoms with Crippen LogP contribution in [0.15, 0.2) is 0 Å². The summed E-state index contributed by atoms with van der Waals surface area (Å²) in [4.78, 5) is 10.8. The van der Waals surface area contributed by atoms with E-state index in [-0.39, 0.29) is 6.10 Å². The van der Waals surface area contributed by atoms with Crippen LogP contribution in [0.25, 0.3) is 0 Å². The number of hydrogen-bond donors (Lipinski definition) is 2. The van der Waals surface area contributed by atoms with E-state index in [2.05, 4.69) is 12.2 Å². The van der Waals surface area contributed by atoms with Crippen LogP contribution in [0.5, 0.6) is 0 Å². The number of rotatable bonds is 5. The molecule has 104 valence electrons. The van der Waals surface area contributed by atoms with Gasteiger partial charge >= 0.3 is 5.97 Å². The molecular formula is C14H25NO3. The Morgan fingerprint density at radius 1 is 1.22 bits per heavy atom. The molecule has 1 aliphatic heterocycles. The quantitative estimate of drug-likeness (QED) is 0.789. The molecule has 4 atom stereocenters. The van der Waals surface area contributed by atoms with Crippen molar-refractivity contribution >= 4 is 5.97 Å². The first-order valence-corrected chi connectivity index (χ1v) is 7.26. The predicted octanol–water partition coefficient (Wildman–Crippen LogP) is 2.03. The minimum atomic E-state index is -0.821. The molecule has 4 heteroatoms. The van der Waals surface area contributed by atoms with E-state index in [0.717, 1.165) is 31.3 Å². The SMILES string of the molecule is CC1CCCCC1CNCC1CCC(C(=O)O)O1. The zero-order valence-corrected chi connectivity index (χ0v) is 11.2. The highest BCUT2D eigenvalue weighted by Crippen LogP contribution is 2.29. The predicted molar refractivity (Wildman–Crippen MR) is 69.5 cm³/mol. The van der Waals surface area contributed by atoms with Crippen LogP contribution in [0.1, 0.15) is 45.4 Å². The molecule has 1 saturated heterocycles. The standard InChI is InChI=1S/C14H25NO3/c1-10-4-2-3-5-11(10)8-15-9-12-6-7-13(18-12)14(16)17/h10-13,15H,2-9H2,1H3,(H,16,17). The zero-order chi connectivity index (χ0) is 13.0. The van der Waals surface area contributed by atoms with E-state index >= 15 is 0 Å². The molecule has 4 unspecified atom stereocenters. The van der Waals surface area contributed by atoms with Gasteiger partial charge in [0.25, 0.3) is 0 Å². The van der Waals surface area contributed by atoms with Gasteiger partial charge in [0.1, 0.15) is 0 Å². The van der Waals surface area contributed by atoms with Crippen LogP contribution in [0.3, 0.4) is 0 Å². The summed E-state index contributed by atoms with van der Waals surface area (Å²) >= 11 is 0. The molecule has 2 aliphatic rings. The second-order valence-electron chi connectivity index (χ2n) is 5.84. The minimum absolute atomic E-state index is 0.0880. The molecule has 0 radical (unpaired) electrons. The zero-order valence-electron chi connectivity index (χ0n) is 11.2. The van der Waals surface area contributed by atoms with Gasteiger partial charge in [0.2, 0.25) is 0 Å². The smallest absolute Gasteiger partial charge is 0.332 e. The fourth-order valence-corrected chi connectivity index (χ4v) is 3.16. The molecule has 0 aromatic heterocycles. The molecule has 0 spiro atoms. The molecule has 1 heterocycles. The van der Waals surface area contributed by atoms with Gasteiger partial charge in [-0.2, -0.15) is 0 Å². The van der Waals surface area contributed by atoms with Crippen molar-refractivity contribution in [3.63, 3.8) is 0 Å². The molecule has 2 N–H and O–H groups in total. The van der Waals surface area contributed by atoms with Crippen molar-refractivity contribution < 1.29 is 14.6 Å². The Morgan fingerprint density at radius 3 is 2.67 bits per heavy atom. The lowest BCUT2D eigenvalue weighted by Crippen LogP contribution is -2.34. The first kappa shape index (κ1) is 13.8. The molecule has 18 heavy (non-hydrogen) atoms. The second kappa shape index (κ2) is 6.53. The van der Waals surface area contributed by atoms with Gasteiger partial charge in [-0.05, 0) is 37.6 Å². The normalized spacial score (nSPS) is 36.7. The van der Waals surface area contributed by atoms with Crippen molar-refractivity contribution in [1.82, 2.24) is 5.32 Å². The minimum Gasteiger partial charge on any atom is -0.479 e. The van der Waals surface area contributed by atoms with Gasteiger partial charge in [-0.3, -0.25) is 0 Å². The van der Waals surface area contributed by atoms with Gasteiger partial charge in [-0.1, -0.05) is 26.2 Å². The lowest BCUT2D eigenvalue weighted by atomic mass is 9.80. The Bertz CT molecular complexity index is 282. The number of nitrogens with one attached hydrogen (secondary N) is 1. The Kier molecular flexibility index (Phi) is 5.01. The van der Waals surface area contributed by atoms with Crippen LogP contribution >= 0.6 is 0 Å². The van der Waals surface area contributed by atoms with Crippen LogP contribution in [0, 0.1) is 11.8 Å². The molecule has 0 aromatic rings. The second-order valence-corrected chi connectivity index (χ2v) is 5.84. The number of hydrogen-bond acceptors (Lipinski definition) is 3. The van der Waals surface area contributed by atoms with Crippen molar-refractivity contribution in [3.8, 4) is 0 Å². The summed E-state index contributed by atoms with van der Waals surface area (Å²) in [6.07, 6.45) is 6.45. The molecule has 0 bridgehead atoms. The van der Waals surface area contributed by atoms with Crippen LogP contribution in [-0.2, 0) is 9.53 Å². The van der Waals surface area contributed by atoms with Crippen molar-refractivity contribution in [3.05, 3.63) is 0 Å². The molecule has 0 amide bonds. The fraction of sp³-hybridized carbons (Fsp3) is 0.929. The van der Waals surface area contributed by atoms with Gasteiger partial charge in [0, 0.05) is 6.54 Å². The summed E-state index contributed by atoms with van der Waals surface area (Å²) in [7, 11) is 0. The number of carbonyl (C=O) groups is 1. The number of ether oxygens (including phenoxy) is 1. The average Bonchev–Trinajstić information content (AvgIpc) is 2.80. The van der Waals surface area contributed by atoms with Crippen LogP contribution in [0.4, 0.5) is 0 Å². The van der Waals surface area contributed by atoms with E-state index in [0.29, 0.717) is 6.42 Å². The molecule has 1 saturated carbocycles. The fourth-order valence-electron chi connectivity index (χ4n) is 3.16. The maximum absolute atomic E-state index is 10.8. The van der Waals surface area contributed by atoms with E-state index in [4.69, 9.17) is 9.84 Å². The third-order valence-electron chi connectivity index (χ3n) is 4.45. The van der Waals surface area contributed by atoms with Crippen LogP contribution in [-0.4, -0.2) is 36.4 Å². The molecule has 0 aromatic carbocycles. The number of carboxylic acid groups (broad SMARTS) is 1. The number of aliphatic carboxylic acids is 1. The third kappa shape index (κ3) is 3.69. The summed E-state index contributed by atoms with van der Waals surface area (Å²) in [5.41, 5.74) is 0. The molecule has 1 aliphatic carbocycles. The average molecular weight is 255 g/mol. The van der Waals surface area contributed by atoms with Gasteiger partial charge < -0.3 is 15.2 Å². The molecule has 4 nitrogen and oxygen atoms in total. The Balaban J connectivity index is 1.62. The molecule has 2 fully saturated rings. The Hall–Kier alpha value is -0.610. The van der Waals surface area contributed by atoms with E-state index < -0.39 is 12.1 Å². The summed E-state index contributed by atoms with van der Waals surface area (Å²) in [5.74, 6) is 0.788. The Labute approximate surface area is 109 Å². The first-order valence-electron chi connectivity index (χ1n) is 7.26. The van der Waals surface area contributed by atoms with E-state index in [1.54, 1.807) is 0 Å². The number of carboxylic acids is 1. The topological polar surface area (TPSA) is 58.6 Å². The summed E-state index contributed by atoms with van der Waals surface area (Å²) in [5, 5.41) is 12.3. The first-order chi connectivity index (χ1) is 8.66. The highest BCUT2D eigenvalue weighted by Gasteiger charge is 2.30. The Morgan fingerprint density at radius 2 is 2.00 bits per heavy atom. The van der Waals surface area contributed by atoms with Crippen LogP contribution < -0.4 is 5.32 Å².